The first kappa shape index (κ1) is 14.0. The van der Waals surface area contributed by atoms with Crippen LogP contribution in [-0.2, 0) is 6.42 Å². The Kier molecular flexibility index (Phi) is 3.87. The molecule has 2 aromatic rings. The molecule has 21 heavy (non-hydrogen) atoms. The average molecular weight is 307 g/mol. The van der Waals surface area contributed by atoms with Gasteiger partial charge in [0.15, 0.2) is 11.0 Å². The van der Waals surface area contributed by atoms with Crippen molar-refractivity contribution in [2.75, 3.05) is 18.4 Å². The largest absolute Gasteiger partial charge is 0.339 e. The highest BCUT2D eigenvalue weighted by Crippen LogP contribution is 2.27. The SMILES string of the molecule is CCc1cnc(NC(=O)N2CCC(c3nc(C)no3)C2)s1. The molecular weight excluding hydrogens is 290 g/mol. The lowest BCUT2D eigenvalue weighted by molar-refractivity contribution is 0.221. The number of anilines is 1. The van der Waals surface area contributed by atoms with Crippen LogP contribution in [0.3, 0.4) is 0 Å². The van der Waals surface area contributed by atoms with Gasteiger partial charge in [-0.3, -0.25) is 5.32 Å². The van der Waals surface area contributed by atoms with E-state index in [0.29, 0.717) is 29.9 Å². The summed E-state index contributed by atoms with van der Waals surface area (Å²) in [6.07, 6.45) is 3.57. The standard InChI is InChI=1S/C13H17N5O2S/c1-3-10-6-14-12(21-10)16-13(19)18-5-4-9(7-18)11-15-8(2)17-20-11/h6,9H,3-5,7H2,1-2H3,(H,14,16,19). The summed E-state index contributed by atoms with van der Waals surface area (Å²) in [7, 11) is 0. The zero-order chi connectivity index (χ0) is 14.8. The van der Waals surface area contributed by atoms with Crippen molar-refractivity contribution >= 4 is 22.5 Å². The van der Waals surface area contributed by atoms with Gasteiger partial charge in [-0.2, -0.15) is 4.98 Å². The van der Waals surface area contributed by atoms with Gasteiger partial charge in [0.25, 0.3) is 0 Å². The first-order valence-corrected chi connectivity index (χ1v) is 7.78. The summed E-state index contributed by atoms with van der Waals surface area (Å²) in [5.74, 6) is 1.37. The van der Waals surface area contributed by atoms with Crippen LogP contribution >= 0.6 is 11.3 Å². The average Bonchev–Trinajstić information content (AvgIpc) is 3.17. The third-order valence-corrected chi connectivity index (χ3v) is 4.54. The number of rotatable bonds is 3. The lowest BCUT2D eigenvalue weighted by Gasteiger charge is -2.15. The number of aromatic nitrogens is 3. The molecule has 1 atom stereocenters. The van der Waals surface area contributed by atoms with Crippen LogP contribution in [0.15, 0.2) is 10.7 Å². The van der Waals surface area contributed by atoms with Crippen molar-refractivity contribution in [3.8, 4) is 0 Å². The van der Waals surface area contributed by atoms with Gasteiger partial charge in [-0.15, -0.1) is 11.3 Å². The van der Waals surface area contributed by atoms with Gasteiger partial charge in [-0.05, 0) is 19.8 Å². The summed E-state index contributed by atoms with van der Waals surface area (Å²) >= 11 is 1.51. The lowest BCUT2D eigenvalue weighted by atomic mass is 10.1. The molecule has 0 aliphatic carbocycles. The number of thiazole rings is 1. The normalized spacial score (nSPS) is 18.2. The molecule has 0 radical (unpaired) electrons. The van der Waals surface area contributed by atoms with Crippen LogP contribution < -0.4 is 5.32 Å². The van der Waals surface area contributed by atoms with Crippen LogP contribution in [-0.4, -0.2) is 39.1 Å². The predicted molar refractivity (Wildman–Crippen MR) is 78.5 cm³/mol. The molecule has 0 aromatic carbocycles. The van der Waals surface area contributed by atoms with Crippen molar-refractivity contribution in [2.45, 2.75) is 32.6 Å². The number of hydrogen-bond donors (Lipinski definition) is 1. The maximum atomic E-state index is 12.2. The molecule has 1 aliphatic heterocycles. The van der Waals surface area contributed by atoms with Gasteiger partial charge in [-0.1, -0.05) is 12.1 Å². The Morgan fingerprint density at radius 2 is 2.48 bits per heavy atom. The second kappa shape index (κ2) is 5.80. The molecule has 0 spiro atoms. The molecule has 1 aliphatic rings. The number of carbonyl (C=O) groups is 1. The molecule has 2 aromatic heterocycles. The molecule has 3 rings (SSSR count). The van der Waals surface area contributed by atoms with E-state index in [9.17, 15) is 4.79 Å². The molecule has 1 saturated heterocycles. The van der Waals surface area contributed by atoms with Gasteiger partial charge >= 0.3 is 6.03 Å². The molecule has 0 bridgehead atoms. The molecule has 3 heterocycles. The van der Waals surface area contributed by atoms with Gasteiger partial charge in [0.2, 0.25) is 5.89 Å². The second-order valence-corrected chi connectivity index (χ2v) is 6.14. The fourth-order valence-corrected chi connectivity index (χ4v) is 3.07. The van der Waals surface area contributed by atoms with Gasteiger partial charge in [-0.25, -0.2) is 9.78 Å². The number of nitrogens with one attached hydrogen (secondary N) is 1. The fourth-order valence-electron chi connectivity index (χ4n) is 2.32. The van der Waals surface area contributed by atoms with E-state index in [1.165, 1.54) is 11.3 Å². The molecule has 1 fully saturated rings. The minimum absolute atomic E-state index is 0.120. The van der Waals surface area contributed by atoms with Gasteiger partial charge in [0.05, 0.1) is 5.92 Å². The smallest absolute Gasteiger partial charge is 0.323 e. The number of nitrogens with zero attached hydrogens (tertiary/aromatic N) is 4. The topological polar surface area (TPSA) is 84.2 Å². The highest BCUT2D eigenvalue weighted by Gasteiger charge is 2.31. The number of amides is 2. The first-order chi connectivity index (χ1) is 10.2. The Labute approximate surface area is 126 Å². The maximum absolute atomic E-state index is 12.2. The highest BCUT2D eigenvalue weighted by atomic mass is 32.1. The summed E-state index contributed by atoms with van der Waals surface area (Å²) in [4.78, 5) is 23.6. The van der Waals surface area contributed by atoms with Gasteiger partial charge in [0.1, 0.15) is 0 Å². The Balaban J connectivity index is 1.59. The van der Waals surface area contributed by atoms with Gasteiger partial charge in [0, 0.05) is 24.2 Å². The van der Waals surface area contributed by atoms with E-state index in [1.54, 1.807) is 18.0 Å². The number of aryl methyl sites for hydroxylation is 2. The second-order valence-electron chi connectivity index (χ2n) is 5.03. The minimum atomic E-state index is -0.120. The summed E-state index contributed by atoms with van der Waals surface area (Å²) in [5.41, 5.74) is 0. The molecular formula is C13H17N5O2S. The quantitative estimate of drug-likeness (QED) is 0.941. The highest BCUT2D eigenvalue weighted by molar-refractivity contribution is 7.15. The monoisotopic (exact) mass is 307 g/mol. The van der Waals surface area contributed by atoms with E-state index in [0.717, 1.165) is 17.7 Å². The van der Waals surface area contributed by atoms with E-state index >= 15 is 0 Å². The van der Waals surface area contributed by atoms with E-state index in [-0.39, 0.29) is 11.9 Å². The summed E-state index contributed by atoms with van der Waals surface area (Å²) in [6, 6.07) is -0.120. The zero-order valence-corrected chi connectivity index (χ0v) is 12.8. The van der Waals surface area contributed by atoms with Crippen molar-refractivity contribution in [1.82, 2.24) is 20.0 Å². The van der Waals surface area contributed by atoms with Gasteiger partial charge < -0.3 is 9.42 Å². The molecule has 1 unspecified atom stereocenters. The van der Waals surface area contributed by atoms with Crippen molar-refractivity contribution < 1.29 is 9.32 Å². The number of urea groups is 1. The fraction of sp³-hybridized carbons (Fsp3) is 0.538. The number of hydrogen-bond acceptors (Lipinski definition) is 6. The predicted octanol–water partition coefficient (Wildman–Crippen LogP) is 2.42. The Bertz CT molecular complexity index is 638. The third kappa shape index (κ3) is 3.05. The van der Waals surface area contributed by atoms with Crippen LogP contribution in [0.1, 0.15) is 35.9 Å². The first-order valence-electron chi connectivity index (χ1n) is 6.96. The Morgan fingerprint density at radius 3 is 3.14 bits per heavy atom. The summed E-state index contributed by atoms with van der Waals surface area (Å²) in [5, 5.41) is 7.29. The Morgan fingerprint density at radius 1 is 1.62 bits per heavy atom. The number of likely N-dealkylation sites (tertiary alicyclic amines) is 1. The van der Waals surface area contributed by atoms with Crippen LogP contribution in [0.4, 0.5) is 9.93 Å². The molecule has 2 amide bonds. The van der Waals surface area contributed by atoms with E-state index in [1.807, 2.05) is 0 Å². The third-order valence-electron chi connectivity index (χ3n) is 3.48. The van der Waals surface area contributed by atoms with Crippen molar-refractivity contribution in [1.29, 1.82) is 0 Å². The maximum Gasteiger partial charge on any atom is 0.323 e. The van der Waals surface area contributed by atoms with Crippen LogP contribution in [0, 0.1) is 6.92 Å². The summed E-state index contributed by atoms with van der Waals surface area (Å²) < 4.78 is 5.18. The molecule has 8 heteroatoms. The van der Waals surface area contributed by atoms with E-state index < -0.39 is 0 Å². The van der Waals surface area contributed by atoms with E-state index in [4.69, 9.17) is 4.52 Å². The molecule has 7 nitrogen and oxygen atoms in total. The van der Waals surface area contributed by atoms with E-state index in [2.05, 4.69) is 27.4 Å². The minimum Gasteiger partial charge on any atom is -0.339 e. The van der Waals surface area contributed by atoms with Crippen molar-refractivity contribution in [2.24, 2.45) is 0 Å². The van der Waals surface area contributed by atoms with Crippen molar-refractivity contribution in [3.05, 3.63) is 22.8 Å². The Hall–Kier alpha value is -1.96. The molecule has 0 saturated carbocycles. The zero-order valence-electron chi connectivity index (χ0n) is 12.0. The van der Waals surface area contributed by atoms with Crippen molar-refractivity contribution in [3.63, 3.8) is 0 Å². The number of carbonyl (C=O) groups excluding carboxylic acids is 1. The van der Waals surface area contributed by atoms with Crippen LogP contribution in [0.5, 0.6) is 0 Å². The van der Waals surface area contributed by atoms with Crippen LogP contribution in [0.2, 0.25) is 0 Å². The van der Waals surface area contributed by atoms with Crippen LogP contribution in [0.25, 0.3) is 0 Å². The molecule has 1 N–H and O–H groups in total. The molecule has 112 valence electrons. The summed E-state index contributed by atoms with van der Waals surface area (Å²) in [6.45, 7) is 5.14. The lowest BCUT2D eigenvalue weighted by Crippen LogP contribution is -2.32.